The number of aromatic nitrogens is 2. The fraction of sp³-hybridized carbons (Fsp3) is 0.158. The first-order chi connectivity index (χ1) is 12.5. The van der Waals surface area contributed by atoms with E-state index in [0.29, 0.717) is 15.9 Å². The Morgan fingerprint density at radius 1 is 1.15 bits per heavy atom. The summed E-state index contributed by atoms with van der Waals surface area (Å²) in [5.41, 5.74) is 2.37. The molecule has 0 spiro atoms. The molecule has 7 heteroatoms. The van der Waals surface area contributed by atoms with Gasteiger partial charge in [0.05, 0.1) is 18.0 Å². The standard InChI is InChI=1S/C19H17Cl2N3O2/c1-13-9-18(24(23-13)16-7-4-6-15(20)10-16)22-19(25)12-26-11-14-5-2-3-8-17(14)21/h2-10H,11-12H2,1H3,(H,22,25). The quantitative estimate of drug-likeness (QED) is 0.667. The molecule has 1 aromatic heterocycles. The number of benzene rings is 2. The van der Waals surface area contributed by atoms with Gasteiger partial charge in [0.2, 0.25) is 0 Å². The first kappa shape index (κ1) is 18.5. The van der Waals surface area contributed by atoms with Crippen molar-refractivity contribution in [2.75, 3.05) is 11.9 Å². The van der Waals surface area contributed by atoms with Crippen molar-refractivity contribution in [3.63, 3.8) is 0 Å². The number of hydrogen-bond donors (Lipinski definition) is 1. The number of nitrogens with zero attached hydrogens (tertiary/aromatic N) is 2. The maximum Gasteiger partial charge on any atom is 0.251 e. The van der Waals surface area contributed by atoms with Crippen molar-refractivity contribution in [2.45, 2.75) is 13.5 Å². The summed E-state index contributed by atoms with van der Waals surface area (Å²) >= 11 is 12.1. The Morgan fingerprint density at radius 2 is 1.96 bits per heavy atom. The van der Waals surface area contributed by atoms with Gasteiger partial charge in [-0.1, -0.05) is 47.5 Å². The maximum atomic E-state index is 12.2. The second-order valence-electron chi connectivity index (χ2n) is 5.70. The maximum absolute atomic E-state index is 12.2. The van der Waals surface area contributed by atoms with E-state index < -0.39 is 0 Å². The van der Waals surface area contributed by atoms with Crippen LogP contribution in [0.15, 0.2) is 54.6 Å². The summed E-state index contributed by atoms with van der Waals surface area (Å²) < 4.78 is 7.09. The van der Waals surface area contributed by atoms with Crippen LogP contribution in [0.25, 0.3) is 5.69 Å². The third-order valence-corrected chi connectivity index (χ3v) is 4.20. The molecular weight excluding hydrogens is 373 g/mol. The van der Waals surface area contributed by atoms with E-state index in [2.05, 4.69) is 10.4 Å². The molecule has 1 N–H and O–H groups in total. The summed E-state index contributed by atoms with van der Waals surface area (Å²) in [4.78, 5) is 12.2. The summed E-state index contributed by atoms with van der Waals surface area (Å²) in [5.74, 6) is 0.274. The Morgan fingerprint density at radius 3 is 2.73 bits per heavy atom. The van der Waals surface area contributed by atoms with Crippen molar-refractivity contribution in [1.82, 2.24) is 9.78 Å². The van der Waals surface area contributed by atoms with Gasteiger partial charge < -0.3 is 10.1 Å². The Kier molecular flexibility index (Phi) is 5.93. The summed E-state index contributed by atoms with van der Waals surface area (Å²) in [6, 6.07) is 16.4. The SMILES string of the molecule is Cc1cc(NC(=O)COCc2ccccc2Cl)n(-c2cccc(Cl)c2)n1. The van der Waals surface area contributed by atoms with Crippen molar-refractivity contribution in [3.8, 4) is 5.69 Å². The normalized spacial score (nSPS) is 10.7. The zero-order valence-electron chi connectivity index (χ0n) is 14.1. The summed E-state index contributed by atoms with van der Waals surface area (Å²) in [6.07, 6.45) is 0. The van der Waals surface area contributed by atoms with Crippen LogP contribution in [0.5, 0.6) is 0 Å². The molecule has 134 valence electrons. The smallest absolute Gasteiger partial charge is 0.251 e. The predicted molar refractivity (Wildman–Crippen MR) is 103 cm³/mol. The van der Waals surface area contributed by atoms with Crippen molar-refractivity contribution in [1.29, 1.82) is 0 Å². The van der Waals surface area contributed by atoms with Gasteiger partial charge in [0.1, 0.15) is 12.4 Å². The molecule has 0 unspecified atom stereocenters. The van der Waals surface area contributed by atoms with Crippen LogP contribution in [0, 0.1) is 6.92 Å². The largest absolute Gasteiger partial charge is 0.367 e. The minimum atomic E-state index is -0.278. The monoisotopic (exact) mass is 389 g/mol. The lowest BCUT2D eigenvalue weighted by Crippen LogP contribution is -2.20. The fourth-order valence-corrected chi connectivity index (χ4v) is 2.82. The minimum Gasteiger partial charge on any atom is -0.367 e. The van der Waals surface area contributed by atoms with Gasteiger partial charge >= 0.3 is 0 Å². The molecule has 0 saturated carbocycles. The number of carbonyl (C=O) groups excluding carboxylic acids is 1. The van der Waals surface area contributed by atoms with E-state index in [1.807, 2.05) is 37.3 Å². The lowest BCUT2D eigenvalue weighted by molar-refractivity contribution is -0.121. The molecule has 3 rings (SSSR count). The summed E-state index contributed by atoms with van der Waals surface area (Å²) in [6.45, 7) is 2.02. The van der Waals surface area contributed by atoms with Gasteiger partial charge in [-0.2, -0.15) is 5.10 Å². The molecule has 0 saturated heterocycles. The number of hydrogen-bond acceptors (Lipinski definition) is 3. The molecule has 3 aromatic rings. The van der Waals surface area contributed by atoms with E-state index in [9.17, 15) is 4.79 Å². The van der Waals surface area contributed by atoms with Gasteiger partial charge in [-0.25, -0.2) is 4.68 Å². The molecule has 1 heterocycles. The van der Waals surface area contributed by atoms with Gasteiger partial charge in [-0.15, -0.1) is 0 Å². The molecule has 2 aromatic carbocycles. The predicted octanol–water partition coefficient (Wildman–Crippen LogP) is 4.64. The molecule has 0 radical (unpaired) electrons. The zero-order chi connectivity index (χ0) is 18.5. The van der Waals surface area contributed by atoms with Crippen molar-refractivity contribution in [2.24, 2.45) is 0 Å². The number of ether oxygens (including phenoxy) is 1. The highest BCUT2D eigenvalue weighted by Gasteiger charge is 2.12. The van der Waals surface area contributed by atoms with Crippen LogP contribution in [0.4, 0.5) is 5.82 Å². The highest BCUT2D eigenvalue weighted by Crippen LogP contribution is 2.20. The molecule has 0 atom stereocenters. The van der Waals surface area contributed by atoms with Crippen LogP contribution in [-0.2, 0) is 16.1 Å². The summed E-state index contributed by atoms with van der Waals surface area (Å²) in [5, 5.41) is 8.42. The van der Waals surface area contributed by atoms with Crippen LogP contribution in [0.1, 0.15) is 11.3 Å². The van der Waals surface area contributed by atoms with Crippen molar-refractivity contribution in [3.05, 3.63) is 75.9 Å². The topological polar surface area (TPSA) is 56.1 Å². The zero-order valence-corrected chi connectivity index (χ0v) is 15.6. The van der Waals surface area contributed by atoms with Crippen molar-refractivity contribution < 1.29 is 9.53 Å². The number of halogens is 2. The van der Waals surface area contributed by atoms with Crippen molar-refractivity contribution >= 4 is 34.9 Å². The van der Waals surface area contributed by atoms with Crippen LogP contribution < -0.4 is 5.32 Å². The minimum absolute atomic E-state index is 0.0923. The average Bonchev–Trinajstić information content (AvgIpc) is 2.97. The second kappa shape index (κ2) is 8.36. The Balaban J connectivity index is 1.64. The van der Waals surface area contributed by atoms with Gasteiger partial charge in [-0.3, -0.25) is 4.79 Å². The van der Waals surface area contributed by atoms with Gasteiger partial charge in [0.25, 0.3) is 5.91 Å². The highest BCUT2D eigenvalue weighted by molar-refractivity contribution is 6.31. The Bertz CT molecular complexity index is 925. The van der Waals surface area contributed by atoms with Crippen LogP contribution in [0.2, 0.25) is 10.0 Å². The van der Waals surface area contributed by atoms with E-state index in [1.165, 1.54) is 0 Å². The lowest BCUT2D eigenvalue weighted by Gasteiger charge is -2.10. The number of aryl methyl sites for hydroxylation is 1. The molecular formula is C19H17Cl2N3O2. The first-order valence-corrected chi connectivity index (χ1v) is 8.72. The molecule has 0 bridgehead atoms. The van der Waals surface area contributed by atoms with Crippen LogP contribution in [-0.4, -0.2) is 22.3 Å². The summed E-state index contributed by atoms with van der Waals surface area (Å²) in [7, 11) is 0. The fourth-order valence-electron chi connectivity index (χ4n) is 2.44. The molecule has 0 aliphatic heterocycles. The third-order valence-electron chi connectivity index (χ3n) is 3.60. The van der Waals surface area contributed by atoms with Crippen LogP contribution in [0.3, 0.4) is 0 Å². The molecule has 0 aliphatic carbocycles. The second-order valence-corrected chi connectivity index (χ2v) is 6.54. The number of rotatable bonds is 6. The molecule has 0 fully saturated rings. The molecule has 26 heavy (non-hydrogen) atoms. The number of nitrogens with one attached hydrogen (secondary N) is 1. The van der Waals surface area contributed by atoms with E-state index in [0.717, 1.165) is 16.9 Å². The molecule has 1 amide bonds. The number of anilines is 1. The Hall–Kier alpha value is -2.34. The molecule has 0 aliphatic rings. The average molecular weight is 390 g/mol. The van der Waals surface area contributed by atoms with Gasteiger partial charge in [0.15, 0.2) is 0 Å². The highest BCUT2D eigenvalue weighted by atomic mass is 35.5. The third kappa shape index (κ3) is 4.64. The Labute approximate surface area is 161 Å². The molecule has 5 nitrogen and oxygen atoms in total. The van der Waals surface area contributed by atoms with Gasteiger partial charge in [-0.05, 0) is 36.8 Å². The van der Waals surface area contributed by atoms with E-state index in [1.54, 1.807) is 28.9 Å². The van der Waals surface area contributed by atoms with Crippen LogP contribution >= 0.6 is 23.2 Å². The van der Waals surface area contributed by atoms with E-state index in [-0.39, 0.29) is 19.1 Å². The van der Waals surface area contributed by atoms with Gasteiger partial charge in [0, 0.05) is 16.1 Å². The first-order valence-electron chi connectivity index (χ1n) is 7.96. The number of amides is 1. The van der Waals surface area contributed by atoms with E-state index >= 15 is 0 Å². The van der Waals surface area contributed by atoms with E-state index in [4.69, 9.17) is 27.9 Å². The number of carbonyl (C=O) groups is 1. The lowest BCUT2D eigenvalue weighted by atomic mass is 10.2.